The smallest absolute Gasteiger partial charge is 0.337 e. The predicted molar refractivity (Wildman–Crippen MR) is 71.5 cm³/mol. The molecule has 0 atom stereocenters. The van der Waals surface area contributed by atoms with Crippen molar-refractivity contribution < 1.29 is 9.53 Å². The second kappa shape index (κ2) is 5.22. The first-order chi connectivity index (χ1) is 8.22. The van der Waals surface area contributed by atoms with Crippen LogP contribution < -0.4 is 0 Å². The lowest BCUT2D eigenvalue weighted by Crippen LogP contribution is -2.01. The van der Waals surface area contributed by atoms with E-state index in [1.54, 1.807) is 24.5 Å². The molecular weight excluding hydrogens is 331 g/mol. The average molecular weight is 340 g/mol. The fourth-order valence-corrected chi connectivity index (χ4v) is 2.26. The van der Waals surface area contributed by atoms with E-state index in [2.05, 4.69) is 37.3 Å². The summed E-state index contributed by atoms with van der Waals surface area (Å²) < 4.78 is 5.63. The van der Waals surface area contributed by atoms with Gasteiger partial charge in [-0.2, -0.15) is 0 Å². The minimum absolute atomic E-state index is 0.334. The molecule has 2 rings (SSSR count). The molecule has 1 aromatic carbocycles. The molecule has 0 aliphatic heterocycles. The van der Waals surface area contributed by atoms with Gasteiger partial charge >= 0.3 is 5.97 Å². The monoisotopic (exact) mass is 340 g/mol. The maximum atomic E-state index is 11.4. The Morgan fingerprint density at radius 1 is 1.29 bits per heavy atom. The second-order valence-electron chi connectivity index (χ2n) is 3.31. The van der Waals surface area contributed by atoms with Gasteiger partial charge < -0.3 is 4.74 Å². The summed E-state index contributed by atoms with van der Waals surface area (Å²) in [5.41, 5.74) is 2.46. The zero-order valence-electron chi connectivity index (χ0n) is 9.05. The van der Waals surface area contributed by atoms with E-state index >= 15 is 0 Å². The quantitative estimate of drug-likeness (QED) is 0.623. The van der Waals surface area contributed by atoms with E-state index < -0.39 is 0 Å². The fourth-order valence-electron chi connectivity index (χ4n) is 1.43. The van der Waals surface area contributed by atoms with Crippen LogP contribution in [0.1, 0.15) is 10.4 Å². The molecule has 0 radical (unpaired) electrons. The van der Waals surface area contributed by atoms with Crippen LogP contribution in [0.15, 0.2) is 36.9 Å². The lowest BCUT2D eigenvalue weighted by Gasteiger charge is -2.05. The van der Waals surface area contributed by atoms with Gasteiger partial charge in [-0.25, -0.2) is 14.8 Å². The summed E-state index contributed by atoms with van der Waals surface area (Å²) in [6.45, 7) is 0. The highest BCUT2D eigenvalue weighted by atomic mass is 127. The maximum absolute atomic E-state index is 11.4. The van der Waals surface area contributed by atoms with Crippen molar-refractivity contribution in [3.05, 3.63) is 46.1 Å². The summed E-state index contributed by atoms with van der Waals surface area (Å²) in [6, 6.07) is 5.39. The van der Waals surface area contributed by atoms with Crippen LogP contribution in [-0.2, 0) is 4.74 Å². The third-order valence-electron chi connectivity index (χ3n) is 2.26. The van der Waals surface area contributed by atoms with Crippen LogP contribution in [0, 0.1) is 3.57 Å². The number of hydrogen-bond acceptors (Lipinski definition) is 4. The van der Waals surface area contributed by atoms with Crippen molar-refractivity contribution in [1.82, 2.24) is 9.97 Å². The maximum Gasteiger partial charge on any atom is 0.337 e. The van der Waals surface area contributed by atoms with Crippen LogP contribution in [0.3, 0.4) is 0 Å². The molecule has 5 heteroatoms. The Morgan fingerprint density at radius 3 is 2.59 bits per heavy atom. The first kappa shape index (κ1) is 12.0. The summed E-state index contributed by atoms with van der Waals surface area (Å²) in [6.07, 6.45) is 4.96. The number of rotatable bonds is 2. The van der Waals surface area contributed by atoms with Gasteiger partial charge in [-0.05, 0) is 40.3 Å². The number of carbonyl (C=O) groups excluding carboxylic acids is 1. The van der Waals surface area contributed by atoms with Gasteiger partial charge in [0.15, 0.2) is 0 Å². The summed E-state index contributed by atoms with van der Waals surface area (Å²) in [7, 11) is 1.37. The van der Waals surface area contributed by atoms with Crippen molar-refractivity contribution >= 4 is 28.6 Å². The van der Waals surface area contributed by atoms with E-state index in [0.29, 0.717) is 5.56 Å². The normalized spacial score (nSPS) is 10.0. The highest BCUT2D eigenvalue weighted by Gasteiger charge is 2.09. The summed E-state index contributed by atoms with van der Waals surface area (Å²) in [4.78, 5) is 19.3. The van der Waals surface area contributed by atoms with Crippen LogP contribution in [0.5, 0.6) is 0 Å². The Kier molecular flexibility index (Phi) is 3.68. The highest BCUT2D eigenvalue weighted by Crippen LogP contribution is 2.25. The van der Waals surface area contributed by atoms with Crippen molar-refractivity contribution in [1.29, 1.82) is 0 Å². The molecule has 0 saturated carbocycles. The van der Waals surface area contributed by atoms with Gasteiger partial charge in [-0.3, -0.25) is 0 Å². The molecule has 0 amide bonds. The van der Waals surface area contributed by atoms with Crippen LogP contribution in [0.2, 0.25) is 0 Å². The lowest BCUT2D eigenvalue weighted by molar-refractivity contribution is 0.0600. The standard InChI is InChI=1S/C12H9IN2O2/c1-17-12(16)8-2-3-10(11(13)4-8)9-5-14-7-15-6-9/h2-7H,1H3. The minimum atomic E-state index is -0.334. The van der Waals surface area contributed by atoms with Crippen molar-refractivity contribution in [3.8, 4) is 11.1 Å². The molecule has 0 aliphatic rings. The molecule has 0 unspecified atom stereocenters. The molecule has 0 spiro atoms. The fraction of sp³-hybridized carbons (Fsp3) is 0.0833. The van der Waals surface area contributed by atoms with Crippen LogP contribution in [-0.4, -0.2) is 23.0 Å². The zero-order chi connectivity index (χ0) is 12.3. The Morgan fingerprint density at radius 2 is 2.00 bits per heavy atom. The number of nitrogens with zero attached hydrogens (tertiary/aromatic N) is 2. The van der Waals surface area contributed by atoms with E-state index in [4.69, 9.17) is 0 Å². The first-order valence-electron chi connectivity index (χ1n) is 4.85. The molecule has 0 N–H and O–H groups in total. The molecule has 0 bridgehead atoms. The van der Waals surface area contributed by atoms with Crippen molar-refractivity contribution in [3.63, 3.8) is 0 Å². The molecule has 2 aromatic rings. The number of methoxy groups -OCH3 is 1. The second-order valence-corrected chi connectivity index (χ2v) is 4.48. The number of esters is 1. The Labute approximate surface area is 112 Å². The minimum Gasteiger partial charge on any atom is -0.465 e. The molecule has 86 valence electrons. The van der Waals surface area contributed by atoms with E-state index in [0.717, 1.165) is 14.7 Å². The van der Waals surface area contributed by atoms with Gasteiger partial charge in [0.05, 0.1) is 12.7 Å². The van der Waals surface area contributed by atoms with Gasteiger partial charge in [0.2, 0.25) is 0 Å². The topological polar surface area (TPSA) is 52.1 Å². The zero-order valence-corrected chi connectivity index (χ0v) is 11.2. The molecule has 0 fully saturated rings. The molecule has 17 heavy (non-hydrogen) atoms. The molecule has 0 aliphatic carbocycles. The van der Waals surface area contributed by atoms with E-state index in [9.17, 15) is 4.79 Å². The van der Waals surface area contributed by atoms with Crippen molar-refractivity contribution in [2.24, 2.45) is 0 Å². The third-order valence-corrected chi connectivity index (χ3v) is 3.15. The predicted octanol–water partition coefficient (Wildman–Crippen LogP) is 2.53. The molecule has 4 nitrogen and oxygen atoms in total. The van der Waals surface area contributed by atoms with E-state index in [1.165, 1.54) is 13.4 Å². The van der Waals surface area contributed by atoms with Gasteiger partial charge in [0, 0.05) is 21.5 Å². The summed E-state index contributed by atoms with van der Waals surface area (Å²) in [5.74, 6) is -0.334. The SMILES string of the molecule is COC(=O)c1ccc(-c2cncnc2)c(I)c1. The third kappa shape index (κ3) is 2.60. The highest BCUT2D eigenvalue weighted by molar-refractivity contribution is 14.1. The summed E-state index contributed by atoms with van der Waals surface area (Å²) >= 11 is 2.18. The number of aromatic nitrogens is 2. The molecular formula is C12H9IN2O2. The molecule has 0 saturated heterocycles. The molecule has 1 heterocycles. The van der Waals surface area contributed by atoms with Gasteiger partial charge in [-0.1, -0.05) is 6.07 Å². The summed E-state index contributed by atoms with van der Waals surface area (Å²) in [5, 5.41) is 0. The molecule has 1 aromatic heterocycles. The van der Waals surface area contributed by atoms with Crippen molar-refractivity contribution in [2.45, 2.75) is 0 Å². The average Bonchev–Trinajstić information content (AvgIpc) is 2.38. The van der Waals surface area contributed by atoms with Gasteiger partial charge in [0.25, 0.3) is 0 Å². The van der Waals surface area contributed by atoms with E-state index in [-0.39, 0.29) is 5.97 Å². The van der Waals surface area contributed by atoms with Crippen LogP contribution in [0.4, 0.5) is 0 Å². The number of halogens is 1. The number of benzene rings is 1. The van der Waals surface area contributed by atoms with Crippen LogP contribution in [0.25, 0.3) is 11.1 Å². The van der Waals surface area contributed by atoms with Gasteiger partial charge in [0.1, 0.15) is 6.33 Å². The van der Waals surface area contributed by atoms with Gasteiger partial charge in [-0.15, -0.1) is 0 Å². The Balaban J connectivity index is 2.42. The Hall–Kier alpha value is -1.50. The number of hydrogen-bond donors (Lipinski definition) is 0. The lowest BCUT2D eigenvalue weighted by atomic mass is 10.1. The number of ether oxygens (including phenoxy) is 1. The van der Waals surface area contributed by atoms with E-state index in [1.807, 2.05) is 6.07 Å². The Bertz CT molecular complexity index is 543. The van der Waals surface area contributed by atoms with Crippen LogP contribution >= 0.6 is 22.6 Å². The van der Waals surface area contributed by atoms with Crippen molar-refractivity contribution in [2.75, 3.05) is 7.11 Å². The largest absolute Gasteiger partial charge is 0.465 e. The first-order valence-corrected chi connectivity index (χ1v) is 5.93. The number of carbonyl (C=O) groups is 1.